The van der Waals surface area contributed by atoms with E-state index >= 15 is 0 Å². The molecule has 118 valence electrons. The molecule has 5 heteroatoms. The second-order valence-corrected chi connectivity index (χ2v) is 6.76. The molecule has 1 saturated heterocycles. The number of aliphatic hydroxyl groups excluding tert-OH is 1. The summed E-state index contributed by atoms with van der Waals surface area (Å²) in [6.07, 6.45) is 1.07. The molecule has 3 amide bonds. The first-order valence-electron chi connectivity index (χ1n) is 7.71. The minimum atomic E-state index is -0.866. The maximum atomic E-state index is 12.6. The molecule has 1 aromatic rings. The quantitative estimate of drug-likeness (QED) is 0.836. The van der Waals surface area contributed by atoms with Crippen LogP contribution in [0.25, 0.3) is 0 Å². The number of aryl methyl sites for hydroxylation is 2. The minimum Gasteiger partial charge on any atom is -0.387 e. The third-order valence-corrected chi connectivity index (χ3v) is 4.68. The molecule has 2 N–H and O–H groups in total. The van der Waals surface area contributed by atoms with Crippen LogP contribution < -0.4 is 5.32 Å². The van der Waals surface area contributed by atoms with Crippen LogP contribution in [0.1, 0.15) is 42.6 Å². The van der Waals surface area contributed by atoms with Gasteiger partial charge in [-0.1, -0.05) is 29.3 Å². The Hall–Kier alpha value is -1.88. The van der Waals surface area contributed by atoms with E-state index < -0.39 is 17.7 Å². The SMILES string of the molecule is Cc1cc(C)cc(C(O)CN2C(=O)NC(C)(C3CC3)C2=O)c1. The first-order valence-corrected chi connectivity index (χ1v) is 7.71. The standard InChI is InChI=1S/C17H22N2O3/c1-10-6-11(2)8-12(7-10)14(20)9-19-15(21)17(3,13-4-5-13)18-16(19)22/h6-8,13-14,20H,4-5,9H2,1-3H3,(H,18,22). The lowest BCUT2D eigenvalue weighted by Crippen LogP contribution is -2.46. The molecule has 1 heterocycles. The van der Waals surface area contributed by atoms with Crippen molar-refractivity contribution in [3.05, 3.63) is 34.9 Å². The molecule has 2 atom stereocenters. The first kappa shape index (κ1) is 15.0. The number of urea groups is 1. The van der Waals surface area contributed by atoms with E-state index in [1.165, 1.54) is 0 Å². The van der Waals surface area contributed by atoms with E-state index in [1.807, 2.05) is 32.0 Å². The van der Waals surface area contributed by atoms with Crippen molar-refractivity contribution < 1.29 is 14.7 Å². The predicted octanol–water partition coefficient (Wildman–Crippen LogP) is 2.06. The molecule has 2 aliphatic rings. The van der Waals surface area contributed by atoms with Crippen molar-refractivity contribution in [3.8, 4) is 0 Å². The minimum absolute atomic E-state index is 0.00410. The fourth-order valence-corrected chi connectivity index (χ4v) is 3.30. The van der Waals surface area contributed by atoms with E-state index in [0.717, 1.165) is 34.4 Å². The number of hydrogen-bond donors (Lipinski definition) is 2. The lowest BCUT2D eigenvalue weighted by Gasteiger charge is -2.22. The highest BCUT2D eigenvalue weighted by molar-refractivity contribution is 6.07. The predicted molar refractivity (Wildman–Crippen MR) is 82.2 cm³/mol. The molecule has 1 aliphatic heterocycles. The van der Waals surface area contributed by atoms with Gasteiger partial charge in [0.2, 0.25) is 0 Å². The third kappa shape index (κ3) is 2.50. The smallest absolute Gasteiger partial charge is 0.325 e. The highest BCUT2D eigenvalue weighted by Gasteiger charge is 2.56. The number of amides is 3. The Bertz CT molecular complexity index is 619. The Kier molecular flexibility index (Phi) is 3.48. The number of nitrogens with one attached hydrogen (secondary N) is 1. The lowest BCUT2D eigenvalue weighted by atomic mass is 9.96. The highest BCUT2D eigenvalue weighted by Crippen LogP contribution is 2.42. The summed E-state index contributed by atoms with van der Waals surface area (Å²) in [5.74, 6) is 0.00994. The highest BCUT2D eigenvalue weighted by atomic mass is 16.3. The summed E-state index contributed by atoms with van der Waals surface area (Å²) < 4.78 is 0. The summed E-state index contributed by atoms with van der Waals surface area (Å²) in [5.41, 5.74) is 2.04. The van der Waals surface area contributed by atoms with Crippen LogP contribution in [0.2, 0.25) is 0 Å². The molecular weight excluding hydrogens is 280 g/mol. The average Bonchev–Trinajstić information content (AvgIpc) is 3.24. The lowest BCUT2D eigenvalue weighted by molar-refractivity contribution is -0.132. The molecule has 1 aromatic carbocycles. The van der Waals surface area contributed by atoms with Crippen molar-refractivity contribution in [2.24, 2.45) is 5.92 Å². The van der Waals surface area contributed by atoms with Crippen molar-refractivity contribution in [1.29, 1.82) is 0 Å². The van der Waals surface area contributed by atoms with Gasteiger partial charge in [0.25, 0.3) is 5.91 Å². The molecule has 2 fully saturated rings. The topological polar surface area (TPSA) is 69.6 Å². The fourth-order valence-electron chi connectivity index (χ4n) is 3.30. The van der Waals surface area contributed by atoms with Crippen molar-refractivity contribution >= 4 is 11.9 Å². The van der Waals surface area contributed by atoms with E-state index in [0.29, 0.717) is 0 Å². The number of β-amino-alcohol motifs (C(OH)–C–C–N with tert-alkyl or cyclic N) is 1. The Morgan fingerprint density at radius 3 is 2.41 bits per heavy atom. The van der Waals surface area contributed by atoms with Gasteiger partial charge in [-0.05, 0) is 45.1 Å². The van der Waals surface area contributed by atoms with Crippen LogP contribution in [0.3, 0.4) is 0 Å². The van der Waals surface area contributed by atoms with Crippen molar-refractivity contribution in [3.63, 3.8) is 0 Å². The molecule has 2 unspecified atom stereocenters. The molecule has 1 aliphatic carbocycles. The van der Waals surface area contributed by atoms with Gasteiger partial charge in [-0.15, -0.1) is 0 Å². The molecule has 22 heavy (non-hydrogen) atoms. The van der Waals surface area contributed by atoms with E-state index in [2.05, 4.69) is 5.32 Å². The molecule has 0 spiro atoms. The van der Waals surface area contributed by atoms with Gasteiger partial charge in [0.1, 0.15) is 5.54 Å². The van der Waals surface area contributed by atoms with Crippen molar-refractivity contribution in [1.82, 2.24) is 10.2 Å². The molecule has 0 bridgehead atoms. The number of nitrogens with zero attached hydrogens (tertiary/aromatic N) is 1. The number of carbonyl (C=O) groups excluding carboxylic acids is 2. The summed E-state index contributed by atoms with van der Waals surface area (Å²) in [5, 5.41) is 13.2. The Morgan fingerprint density at radius 1 is 1.27 bits per heavy atom. The molecule has 0 aromatic heterocycles. The summed E-state index contributed by atoms with van der Waals surface area (Å²) in [7, 11) is 0. The number of imide groups is 1. The van der Waals surface area contributed by atoms with Crippen LogP contribution >= 0.6 is 0 Å². The monoisotopic (exact) mass is 302 g/mol. The first-order chi connectivity index (χ1) is 10.3. The van der Waals surface area contributed by atoms with Crippen LogP contribution in [0, 0.1) is 19.8 Å². The van der Waals surface area contributed by atoms with Gasteiger partial charge in [0, 0.05) is 0 Å². The molecule has 0 radical (unpaired) electrons. The fraction of sp³-hybridized carbons (Fsp3) is 0.529. The summed E-state index contributed by atoms with van der Waals surface area (Å²) in [6.45, 7) is 5.70. The summed E-state index contributed by atoms with van der Waals surface area (Å²) >= 11 is 0. The number of carbonyl (C=O) groups is 2. The number of hydrogen-bond acceptors (Lipinski definition) is 3. The zero-order chi connectivity index (χ0) is 16.1. The van der Waals surface area contributed by atoms with Gasteiger partial charge < -0.3 is 10.4 Å². The van der Waals surface area contributed by atoms with Gasteiger partial charge >= 0.3 is 6.03 Å². The van der Waals surface area contributed by atoms with Crippen LogP contribution in [0.5, 0.6) is 0 Å². The van der Waals surface area contributed by atoms with Crippen LogP contribution in [-0.2, 0) is 4.79 Å². The zero-order valence-electron chi connectivity index (χ0n) is 13.2. The van der Waals surface area contributed by atoms with Gasteiger partial charge in [-0.3, -0.25) is 9.69 Å². The van der Waals surface area contributed by atoms with Crippen LogP contribution in [0.4, 0.5) is 4.79 Å². The Balaban J connectivity index is 1.77. The second-order valence-electron chi connectivity index (χ2n) is 6.76. The molecule has 5 nitrogen and oxygen atoms in total. The van der Waals surface area contributed by atoms with Gasteiger partial charge in [0.05, 0.1) is 12.6 Å². The molecular formula is C17H22N2O3. The second kappa shape index (κ2) is 5.09. The van der Waals surface area contributed by atoms with E-state index in [-0.39, 0.29) is 18.4 Å². The van der Waals surface area contributed by atoms with Gasteiger partial charge in [0.15, 0.2) is 0 Å². The van der Waals surface area contributed by atoms with E-state index in [1.54, 1.807) is 6.92 Å². The van der Waals surface area contributed by atoms with Gasteiger partial charge in [-0.2, -0.15) is 0 Å². The Morgan fingerprint density at radius 2 is 1.86 bits per heavy atom. The summed E-state index contributed by atoms with van der Waals surface area (Å²) in [6, 6.07) is 5.39. The van der Waals surface area contributed by atoms with Crippen molar-refractivity contribution in [2.75, 3.05) is 6.54 Å². The molecule has 3 rings (SSSR count). The van der Waals surface area contributed by atoms with Crippen molar-refractivity contribution in [2.45, 2.75) is 45.3 Å². The molecule has 1 saturated carbocycles. The number of benzene rings is 1. The van der Waals surface area contributed by atoms with Crippen LogP contribution in [0.15, 0.2) is 18.2 Å². The Labute approximate surface area is 130 Å². The number of aliphatic hydroxyl groups is 1. The van der Waals surface area contributed by atoms with E-state index in [4.69, 9.17) is 0 Å². The van der Waals surface area contributed by atoms with Gasteiger partial charge in [-0.25, -0.2) is 4.79 Å². The number of rotatable bonds is 4. The maximum Gasteiger partial charge on any atom is 0.325 e. The largest absolute Gasteiger partial charge is 0.387 e. The van der Waals surface area contributed by atoms with E-state index in [9.17, 15) is 14.7 Å². The summed E-state index contributed by atoms with van der Waals surface area (Å²) in [4.78, 5) is 25.8. The van der Waals surface area contributed by atoms with Crippen LogP contribution in [-0.4, -0.2) is 34.0 Å². The maximum absolute atomic E-state index is 12.6. The third-order valence-electron chi connectivity index (χ3n) is 4.68. The average molecular weight is 302 g/mol. The normalized spacial score (nSPS) is 26.3. The zero-order valence-corrected chi connectivity index (χ0v) is 13.2.